The maximum atomic E-state index is 11.7. The summed E-state index contributed by atoms with van der Waals surface area (Å²) in [5.41, 5.74) is 1.21. The molecule has 4 heteroatoms. The van der Waals surface area contributed by atoms with Gasteiger partial charge in [0.1, 0.15) is 11.5 Å². The van der Waals surface area contributed by atoms with E-state index in [2.05, 4.69) is 17.9 Å². The number of likely N-dealkylation sites (tertiary alicyclic amines) is 1. The lowest BCUT2D eigenvalue weighted by molar-refractivity contribution is -0.149. The van der Waals surface area contributed by atoms with Gasteiger partial charge in [-0.1, -0.05) is 0 Å². The van der Waals surface area contributed by atoms with Crippen molar-refractivity contribution in [2.75, 3.05) is 19.7 Å². The van der Waals surface area contributed by atoms with E-state index in [4.69, 9.17) is 9.15 Å². The van der Waals surface area contributed by atoms with Gasteiger partial charge in [-0.15, -0.1) is 0 Å². The number of nitrogens with zero attached hydrogens (tertiary/aromatic N) is 1. The highest BCUT2D eigenvalue weighted by Crippen LogP contribution is 2.22. The molecule has 0 atom stereocenters. The Kier molecular flexibility index (Phi) is 4.64. The summed E-state index contributed by atoms with van der Waals surface area (Å²) < 4.78 is 10.8. The first-order valence-electron chi connectivity index (χ1n) is 7.05. The number of aryl methyl sites for hydroxylation is 2. The first-order valence-corrected chi connectivity index (χ1v) is 7.05. The lowest BCUT2D eigenvalue weighted by atomic mass is 9.97. The van der Waals surface area contributed by atoms with Crippen molar-refractivity contribution in [1.29, 1.82) is 0 Å². The standard InChI is InChI=1S/C15H23NO3/c1-4-18-15(17)13-5-7-16(8-6-13)10-14-9-11(2)12(3)19-14/h9,13H,4-8,10H2,1-3H3. The van der Waals surface area contributed by atoms with Crippen LogP contribution >= 0.6 is 0 Å². The molecule has 0 bridgehead atoms. The van der Waals surface area contributed by atoms with Gasteiger partial charge in [-0.25, -0.2) is 0 Å². The third-order valence-corrected chi connectivity index (χ3v) is 3.80. The molecule has 106 valence electrons. The van der Waals surface area contributed by atoms with Crippen molar-refractivity contribution in [3.63, 3.8) is 0 Å². The van der Waals surface area contributed by atoms with Crippen molar-refractivity contribution in [2.24, 2.45) is 5.92 Å². The Morgan fingerprint density at radius 1 is 1.42 bits per heavy atom. The zero-order valence-electron chi connectivity index (χ0n) is 12.1. The van der Waals surface area contributed by atoms with E-state index in [1.54, 1.807) is 0 Å². The molecule has 19 heavy (non-hydrogen) atoms. The first-order chi connectivity index (χ1) is 9.10. The van der Waals surface area contributed by atoms with Crippen molar-refractivity contribution in [1.82, 2.24) is 4.90 Å². The number of hydrogen-bond donors (Lipinski definition) is 0. The third kappa shape index (κ3) is 3.60. The number of rotatable bonds is 4. The van der Waals surface area contributed by atoms with Crippen LogP contribution < -0.4 is 0 Å². The van der Waals surface area contributed by atoms with E-state index in [-0.39, 0.29) is 11.9 Å². The number of esters is 1. The van der Waals surface area contributed by atoms with Crippen LogP contribution in [0.4, 0.5) is 0 Å². The molecule has 0 saturated carbocycles. The average Bonchev–Trinajstić information content (AvgIpc) is 2.69. The summed E-state index contributed by atoms with van der Waals surface area (Å²) in [6, 6.07) is 2.10. The van der Waals surface area contributed by atoms with Gasteiger partial charge in [-0.2, -0.15) is 0 Å². The Hall–Kier alpha value is -1.29. The van der Waals surface area contributed by atoms with Crippen LogP contribution in [0.2, 0.25) is 0 Å². The van der Waals surface area contributed by atoms with E-state index in [0.717, 1.165) is 44.0 Å². The smallest absolute Gasteiger partial charge is 0.309 e. The van der Waals surface area contributed by atoms with Gasteiger partial charge in [-0.05, 0) is 58.3 Å². The van der Waals surface area contributed by atoms with Gasteiger partial charge in [-0.3, -0.25) is 9.69 Å². The lowest BCUT2D eigenvalue weighted by Crippen LogP contribution is -2.36. The first kappa shape index (κ1) is 14.1. The largest absolute Gasteiger partial charge is 0.466 e. The van der Waals surface area contributed by atoms with Gasteiger partial charge in [0.2, 0.25) is 0 Å². The van der Waals surface area contributed by atoms with Crippen LogP contribution in [0, 0.1) is 19.8 Å². The Morgan fingerprint density at radius 2 is 2.11 bits per heavy atom. The molecule has 2 heterocycles. The molecule has 0 radical (unpaired) electrons. The fourth-order valence-corrected chi connectivity index (χ4v) is 2.53. The molecule has 4 nitrogen and oxygen atoms in total. The highest BCUT2D eigenvalue weighted by Gasteiger charge is 2.26. The zero-order chi connectivity index (χ0) is 13.8. The maximum absolute atomic E-state index is 11.7. The molecule has 1 aromatic heterocycles. The molecular weight excluding hydrogens is 242 g/mol. The van der Waals surface area contributed by atoms with Gasteiger partial charge in [0.05, 0.1) is 19.1 Å². The van der Waals surface area contributed by atoms with Gasteiger partial charge < -0.3 is 9.15 Å². The van der Waals surface area contributed by atoms with Crippen molar-refractivity contribution in [3.05, 3.63) is 23.2 Å². The molecule has 0 unspecified atom stereocenters. The molecule has 0 spiro atoms. The Bertz CT molecular complexity index is 411. The summed E-state index contributed by atoms with van der Waals surface area (Å²) in [4.78, 5) is 14.0. The lowest BCUT2D eigenvalue weighted by Gasteiger charge is -2.30. The van der Waals surface area contributed by atoms with E-state index in [1.807, 2.05) is 13.8 Å². The van der Waals surface area contributed by atoms with Gasteiger partial charge >= 0.3 is 5.97 Å². The number of carbonyl (C=O) groups excluding carboxylic acids is 1. The summed E-state index contributed by atoms with van der Waals surface area (Å²) in [5.74, 6) is 2.06. The normalized spacial score (nSPS) is 17.6. The second-order valence-corrected chi connectivity index (χ2v) is 5.25. The minimum absolute atomic E-state index is 0.0353. The predicted molar refractivity (Wildman–Crippen MR) is 72.8 cm³/mol. The molecule has 1 aliphatic rings. The molecule has 2 rings (SSSR count). The Morgan fingerprint density at radius 3 is 2.63 bits per heavy atom. The highest BCUT2D eigenvalue weighted by atomic mass is 16.5. The van der Waals surface area contributed by atoms with Gasteiger partial charge in [0.25, 0.3) is 0 Å². The molecule has 0 N–H and O–H groups in total. The maximum Gasteiger partial charge on any atom is 0.309 e. The molecular formula is C15H23NO3. The van der Waals surface area contributed by atoms with E-state index < -0.39 is 0 Å². The SMILES string of the molecule is CCOC(=O)C1CCN(Cc2cc(C)c(C)o2)CC1. The van der Waals surface area contributed by atoms with Crippen molar-refractivity contribution >= 4 is 5.97 Å². The fraction of sp³-hybridized carbons (Fsp3) is 0.667. The zero-order valence-corrected chi connectivity index (χ0v) is 12.1. The second kappa shape index (κ2) is 6.24. The van der Waals surface area contributed by atoms with Crippen molar-refractivity contribution in [3.8, 4) is 0 Å². The number of hydrogen-bond acceptors (Lipinski definition) is 4. The number of ether oxygens (including phenoxy) is 1. The van der Waals surface area contributed by atoms with Crippen molar-refractivity contribution in [2.45, 2.75) is 40.2 Å². The van der Waals surface area contributed by atoms with Crippen LogP contribution in [0.3, 0.4) is 0 Å². The predicted octanol–water partition coefficient (Wildman–Crippen LogP) is 2.67. The molecule has 1 saturated heterocycles. The van der Waals surface area contributed by atoms with E-state index in [1.165, 1.54) is 5.56 Å². The summed E-state index contributed by atoms with van der Waals surface area (Å²) >= 11 is 0. The van der Waals surface area contributed by atoms with Crippen LogP contribution in [-0.2, 0) is 16.1 Å². The van der Waals surface area contributed by atoms with Crippen molar-refractivity contribution < 1.29 is 13.9 Å². The monoisotopic (exact) mass is 265 g/mol. The fourth-order valence-electron chi connectivity index (χ4n) is 2.53. The van der Waals surface area contributed by atoms with Gasteiger partial charge in [0, 0.05) is 0 Å². The summed E-state index contributed by atoms with van der Waals surface area (Å²) in [6.07, 6.45) is 1.77. The topological polar surface area (TPSA) is 42.7 Å². The van der Waals surface area contributed by atoms with Crippen LogP contribution in [0.15, 0.2) is 10.5 Å². The summed E-state index contributed by atoms with van der Waals surface area (Å²) in [5, 5.41) is 0. The minimum Gasteiger partial charge on any atom is -0.466 e. The van der Waals surface area contributed by atoms with Gasteiger partial charge in [0.15, 0.2) is 0 Å². The summed E-state index contributed by atoms with van der Waals surface area (Å²) in [7, 11) is 0. The highest BCUT2D eigenvalue weighted by molar-refractivity contribution is 5.72. The minimum atomic E-state index is -0.0353. The quantitative estimate of drug-likeness (QED) is 0.785. The molecule has 0 amide bonds. The summed E-state index contributed by atoms with van der Waals surface area (Å²) in [6.45, 7) is 9.09. The number of furan rings is 1. The molecule has 1 aromatic rings. The number of piperidine rings is 1. The molecule has 1 aliphatic heterocycles. The Labute approximate surface area is 114 Å². The van der Waals surface area contributed by atoms with E-state index >= 15 is 0 Å². The second-order valence-electron chi connectivity index (χ2n) is 5.25. The molecule has 1 fully saturated rings. The number of carbonyl (C=O) groups is 1. The average molecular weight is 265 g/mol. The molecule has 0 aliphatic carbocycles. The Balaban J connectivity index is 1.82. The van der Waals surface area contributed by atoms with E-state index in [0.29, 0.717) is 6.61 Å². The van der Waals surface area contributed by atoms with Crippen LogP contribution in [0.1, 0.15) is 36.8 Å². The third-order valence-electron chi connectivity index (χ3n) is 3.80. The molecule has 0 aromatic carbocycles. The van der Waals surface area contributed by atoms with Crippen LogP contribution in [-0.4, -0.2) is 30.6 Å². The van der Waals surface area contributed by atoms with E-state index in [9.17, 15) is 4.79 Å². The van der Waals surface area contributed by atoms with Crippen LogP contribution in [0.25, 0.3) is 0 Å². The van der Waals surface area contributed by atoms with Crippen LogP contribution in [0.5, 0.6) is 0 Å².